The quantitative estimate of drug-likeness (QED) is 0.810. The Morgan fingerprint density at radius 2 is 1.90 bits per heavy atom. The van der Waals surface area contributed by atoms with Gasteiger partial charge >= 0.3 is 0 Å². The third-order valence-corrected chi connectivity index (χ3v) is 3.62. The van der Waals surface area contributed by atoms with Crippen LogP contribution in [0.1, 0.15) is 22.3 Å². The van der Waals surface area contributed by atoms with Crippen molar-refractivity contribution >= 4 is 17.3 Å². The Bertz CT molecular complexity index is 652. The van der Waals surface area contributed by atoms with E-state index in [1.165, 1.54) is 24.3 Å². The number of nitrogens with zero attached hydrogens (tertiary/aromatic N) is 1. The van der Waals surface area contributed by atoms with Gasteiger partial charge < -0.3 is 10.6 Å². The van der Waals surface area contributed by atoms with Gasteiger partial charge in [0.1, 0.15) is 5.82 Å². The van der Waals surface area contributed by atoms with E-state index in [1.807, 2.05) is 18.2 Å². The molecule has 0 unspecified atom stereocenters. The highest BCUT2D eigenvalue weighted by atomic mass is 19.1. The Kier molecular flexibility index (Phi) is 3.14. The first-order valence-electron chi connectivity index (χ1n) is 6.61. The van der Waals surface area contributed by atoms with Crippen LogP contribution in [0.15, 0.2) is 42.5 Å². The first kappa shape index (κ1) is 12.7. The van der Waals surface area contributed by atoms with Crippen LogP contribution in [0.25, 0.3) is 0 Å². The number of halogens is 1. The molecule has 1 amide bonds. The van der Waals surface area contributed by atoms with E-state index in [2.05, 4.69) is 0 Å². The fourth-order valence-electron chi connectivity index (χ4n) is 2.61. The van der Waals surface area contributed by atoms with Crippen LogP contribution in [0.5, 0.6) is 0 Å². The van der Waals surface area contributed by atoms with Gasteiger partial charge in [0, 0.05) is 23.5 Å². The maximum Gasteiger partial charge on any atom is 0.258 e. The number of carbonyl (C=O) groups is 1. The molecule has 0 aromatic heterocycles. The molecule has 3 rings (SSSR count). The number of benzene rings is 2. The summed E-state index contributed by atoms with van der Waals surface area (Å²) in [6.07, 6.45) is 1.77. The normalized spacial score (nSPS) is 13.9. The van der Waals surface area contributed by atoms with E-state index >= 15 is 0 Å². The van der Waals surface area contributed by atoms with Crippen LogP contribution in [-0.2, 0) is 6.42 Å². The van der Waals surface area contributed by atoms with Gasteiger partial charge in [0.05, 0.1) is 0 Å². The van der Waals surface area contributed by atoms with Crippen LogP contribution in [0, 0.1) is 5.82 Å². The summed E-state index contributed by atoms with van der Waals surface area (Å²) in [5.41, 5.74) is 9.07. The molecule has 4 heteroatoms. The second kappa shape index (κ2) is 4.96. The molecule has 1 heterocycles. The summed E-state index contributed by atoms with van der Waals surface area (Å²) >= 11 is 0. The zero-order chi connectivity index (χ0) is 14.1. The van der Waals surface area contributed by atoms with Gasteiger partial charge in [-0.15, -0.1) is 0 Å². The van der Waals surface area contributed by atoms with Crippen LogP contribution in [0.4, 0.5) is 15.8 Å². The molecule has 0 fully saturated rings. The molecule has 1 aliphatic heterocycles. The number of anilines is 2. The Labute approximate surface area is 116 Å². The fraction of sp³-hybridized carbons (Fsp3) is 0.188. The Morgan fingerprint density at radius 1 is 1.15 bits per heavy atom. The van der Waals surface area contributed by atoms with E-state index in [-0.39, 0.29) is 11.7 Å². The minimum Gasteiger partial charge on any atom is -0.398 e. The lowest BCUT2D eigenvalue weighted by atomic mass is 9.99. The van der Waals surface area contributed by atoms with Gasteiger partial charge in [-0.3, -0.25) is 4.79 Å². The van der Waals surface area contributed by atoms with Gasteiger partial charge in [0.25, 0.3) is 5.91 Å². The predicted octanol–water partition coefficient (Wildman–Crippen LogP) is 3.00. The molecule has 0 saturated heterocycles. The molecule has 1 aliphatic rings. The number of hydrogen-bond acceptors (Lipinski definition) is 2. The molecular formula is C16H15FN2O. The van der Waals surface area contributed by atoms with E-state index in [1.54, 1.807) is 4.90 Å². The summed E-state index contributed by atoms with van der Waals surface area (Å²) in [4.78, 5) is 14.3. The molecule has 102 valence electrons. The van der Waals surface area contributed by atoms with E-state index in [9.17, 15) is 9.18 Å². The number of fused-ring (bicyclic) bond motifs is 1. The molecule has 2 N–H and O–H groups in total. The first-order chi connectivity index (χ1) is 9.66. The molecule has 2 aromatic carbocycles. The summed E-state index contributed by atoms with van der Waals surface area (Å²) < 4.78 is 12.9. The lowest BCUT2D eigenvalue weighted by Gasteiger charge is -2.30. The summed E-state index contributed by atoms with van der Waals surface area (Å²) in [6, 6.07) is 11.2. The molecular weight excluding hydrogens is 255 g/mol. The summed E-state index contributed by atoms with van der Waals surface area (Å²) in [5, 5.41) is 0. The number of nitrogen functional groups attached to an aromatic ring is 1. The molecule has 0 spiro atoms. The molecule has 20 heavy (non-hydrogen) atoms. The van der Waals surface area contributed by atoms with Crippen LogP contribution >= 0.6 is 0 Å². The summed E-state index contributed by atoms with van der Waals surface area (Å²) in [7, 11) is 0. The van der Waals surface area contributed by atoms with E-state index in [4.69, 9.17) is 5.73 Å². The van der Waals surface area contributed by atoms with E-state index in [0.717, 1.165) is 29.8 Å². The van der Waals surface area contributed by atoms with E-state index < -0.39 is 0 Å². The van der Waals surface area contributed by atoms with Gasteiger partial charge in [-0.25, -0.2) is 4.39 Å². The minimum absolute atomic E-state index is 0.114. The second-order valence-electron chi connectivity index (χ2n) is 4.91. The van der Waals surface area contributed by atoms with Crippen LogP contribution in [0.2, 0.25) is 0 Å². The Balaban J connectivity index is 1.98. The maximum atomic E-state index is 12.9. The van der Waals surface area contributed by atoms with Gasteiger partial charge in [0.2, 0.25) is 0 Å². The standard InChI is InChI=1S/C16H15FN2O/c17-12-8-6-11(7-9-12)16(20)19-10-2-3-13-14(18)4-1-5-15(13)19/h1,4-9H,2-3,10,18H2. The van der Waals surface area contributed by atoms with Crippen molar-refractivity contribution in [2.45, 2.75) is 12.8 Å². The lowest BCUT2D eigenvalue weighted by Crippen LogP contribution is -2.35. The number of hydrogen-bond donors (Lipinski definition) is 1. The largest absolute Gasteiger partial charge is 0.398 e. The van der Waals surface area contributed by atoms with Crippen LogP contribution < -0.4 is 10.6 Å². The lowest BCUT2D eigenvalue weighted by molar-refractivity contribution is 0.0985. The average molecular weight is 270 g/mol. The Hall–Kier alpha value is -2.36. The van der Waals surface area contributed by atoms with Crippen LogP contribution in [-0.4, -0.2) is 12.5 Å². The molecule has 3 nitrogen and oxygen atoms in total. The van der Waals surface area contributed by atoms with Gasteiger partial charge in [-0.2, -0.15) is 0 Å². The van der Waals surface area contributed by atoms with Gasteiger partial charge in [-0.05, 0) is 54.8 Å². The van der Waals surface area contributed by atoms with E-state index in [0.29, 0.717) is 12.1 Å². The molecule has 2 aromatic rings. The van der Waals surface area contributed by atoms with Crippen molar-refractivity contribution in [1.82, 2.24) is 0 Å². The van der Waals surface area contributed by atoms with Crippen molar-refractivity contribution in [1.29, 1.82) is 0 Å². The average Bonchev–Trinajstić information content (AvgIpc) is 2.47. The molecule has 0 radical (unpaired) electrons. The first-order valence-corrected chi connectivity index (χ1v) is 6.61. The smallest absolute Gasteiger partial charge is 0.258 e. The van der Waals surface area contributed by atoms with Gasteiger partial charge in [-0.1, -0.05) is 6.07 Å². The highest BCUT2D eigenvalue weighted by molar-refractivity contribution is 6.07. The SMILES string of the molecule is Nc1cccc2c1CCCN2C(=O)c1ccc(F)cc1. The third-order valence-electron chi connectivity index (χ3n) is 3.62. The van der Waals surface area contributed by atoms with Crippen LogP contribution in [0.3, 0.4) is 0 Å². The third kappa shape index (κ3) is 2.13. The molecule has 0 atom stereocenters. The maximum absolute atomic E-state index is 12.9. The monoisotopic (exact) mass is 270 g/mol. The highest BCUT2D eigenvalue weighted by Crippen LogP contribution is 2.32. The summed E-state index contributed by atoms with van der Waals surface area (Å²) in [6.45, 7) is 0.659. The predicted molar refractivity (Wildman–Crippen MR) is 77.3 cm³/mol. The zero-order valence-corrected chi connectivity index (χ0v) is 11.0. The second-order valence-corrected chi connectivity index (χ2v) is 4.91. The minimum atomic E-state index is -0.343. The van der Waals surface area contributed by atoms with Crippen molar-refractivity contribution in [2.24, 2.45) is 0 Å². The van der Waals surface area contributed by atoms with Gasteiger partial charge in [0.15, 0.2) is 0 Å². The van der Waals surface area contributed by atoms with Crippen molar-refractivity contribution in [3.63, 3.8) is 0 Å². The van der Waals surface area contributed by atoms with Crippen molar-refractivity contribution in [3.05, 3.63) is 59.4 Å². The summed E-state index contributed by atoms with van der Waals surface area (Å²) in [5.74, 6) is -0.457. The Morgan fingerprint density at radius 3 is 2.65 bits per heavy atom. The van der Waals surface area contributed by atoms with Crippen molar-refractivity contribution in [2.75, 3.05) is 17.2 Å². The molecule has 0 bridgehead atoms. The number of amides is 1. The number of rotatable bonds is 1. The highest BCUT2D eigenvalue weighted by Gasteiger charge is 2.24. The molecule has 0 saturated carbocycles. The van der Waals surface area contributed by atoms with Crippen molar-refractivity contribution < 1.29 is 9.18 Å². The fourth-order valence-corrected chi connectivity index (χ4v) is 2.61. The topological polar surface area (TPSA) is 46.3 Å². The molecule has 0 aliphatic carbocycles. The zero-order valence-electron chi connectivity index (χ0n) is 11.0. The number of carbonyl (C=O) groups excluding carboxylic acids is 1. The van der Waals surface area contributed by atoms with Crippen molar-refractivity contribution in [3.8, 4) is 0 Å². The number of nitrogens with two attached hydrogens (primary N) is 1.